The molecule has 2 rings (SSSR count). The molecule has 1 heterocycles. The van der Waals surface area contributed by atoms with Crippen LogP contribution in [-0.4, -0.2) is 36.7 Å². The fourth-order valence-corrected chi connectivity index (χ4v) is 2.89. The van der Waals surface area contributed by atoms with Gasteiger partial charge in [-0.25, -0.2) is 4.79 Å². The Hall–Kier alpha value is -2.37. The molecule has 0 saturated carbocycles. The molecule has 1 saturated heterocycles. The van der Waals surface area contributed by atoms with Crippen LogP contribution in [0.2, 0.25) is 0 Å². The number of ether oxygens (including phenoxy) is 1. The summed E-state index contributed by atoms with van der Waals surface area (Å²) in [7, 11) is 0. The van der Waals surface area contributed by atoms with Crippen molar-refractivity contribution >= 4 is 17.4 Å². The maximum atomic E-state index is 12.2. The summed E-state index contributed by atoms with van der Waals surface area (Å²) in [4.78, 5) is 14.0. The zero-order valence-corrected chi connectivity index (χ0v) is 13.7. The van der Waals surface area contributed by atoms with E-state index in [0.29, 0.717) is 35.8 Å². The molecule has 0 aromatic heterocycles. The van der Waals surface area contributed by atoms with E-state index in [1.54, 1.807) is 6.07 Å². The third kappa shape index (κ3) is 4.09. The average Bonchev–Trinajstić information content (AvgIpc) is 2.53. The van der Waals surface area contributed by atoms with E-state index < -0.39 is 0 Å². The Morgan fingerprint density at radius 3 is 2.96 bits per heavy atom. The van der Waals surface area contributed by atoms with Crippen molar-refractivity contribution in [3.05, 3.63) is 30.3 Å². The van der Waals surface area contributed by atoms with E-state index in [9.17, 15) is 4.79 Å². The van der Waals surface area contributed by atoms with Crippen LogP contribution < -0.4 is 21.5 Å². The lowest BCUT2D eigenvalue weighted by molar-refractivity contribution is 0.116. The van der Waals surface area contributed by atoms with Gasteiger partial charge in [-0.2, -0.15) is 0 Å². The Morgan fingerprint density at radius 2 is 2.26 bits per heavy atom. The highest BCUT2D eigenvalue weighted by Gasteiger charge is 2.27. The third-order valence-corrected chi connectivity index (χ3v) is 4.03. The minimum atomic E-state index is -0.0307. The van der Waals surface area contributed by atoms with Gasteiger partial charge in [0.2, 0.25) is 0 Å². The number of rotatable bonds is 5. The van der Waals surface area contributed by atoms with Crippen LogP contribution in [0.1, 0.15) is 31.7 Å². The van der Waals surface area contributed by atoms with Gasteiger partial charge in [0.05, 0.1) is 11.6 Å². The van der Waals surface area contributed by atoms with E-state index in [2.05, 4.69) is 11.9 Å². The average molecular weight is 318 g/mol. The maximum Gasteiger partial charge on any atom is 0.317 e. The van der Waals surface area contributed by atoms with E-state index >= 15 is 0 Å². The summed E-state index contributed by atoms with van der Waals surface area (Å²) in [6, 6.07) is 5.43. The van der Waals surface area contributed by atoms with Gasteiger partial charge >= 0.3 is 6.03 Å². The monoisotopic (exact) mass is 318 g/mol. The van der Waals surface area contributed by atoms with Crippen molar-refractivity contribution in [2.75, 3.05) is 25.4 Å². The van der Waals surface area contributed by atoms with Crippen LogP contribution in [0.5, 0.6) is 5.75 Å². The summed E-state index contributed by atoms with van der Waals surface area (Å²) >= 11 is 0. The number of urea groups is 1. The minimum absolute atomic E-state index is 0.0307. The van der Waals surface area contributed by atoms with Crippen molar-refractivity contribution in [3.63, 3.8) is 0 Å². The number of nitrogens with two attached hydrogens (primary N) is 2. The Labute approximate surface area is 137 Å². The highest BCUT2D eigenvalue weighted by molar-refractivity contribution is 5.76. The number of nitrogens with zero attached hydrogens (tertiary/aromatic N) is 1. The molecule has 0 spiro atoms. The van der Waals surface area contributed by atoms with Crippen LogP contribution in [0.4, 0.5) is 10.5 Å². The van der Waals surface area contributed by atoms with Crippen molar-refractivity contribution < 1.29 is 9.53 Å². The molecule has 6 nitrogen and oxygen atoms in total. The number of amides is 2. The van der Waals surface area contributed by atoms with Crippen LogP contribution in [0.15, 0.2) is 24.8 Å². The number of anilines is 1. The lowest BCUT2D eigenvalue weighted by Gasteiger charge is -2.35. The van der Waals surface area contributed by atoms with Gasteiger partial charge in [-0.3, -0.25) is 0 Å². The Balaban J connectivity index is 2.08. The molecule has 5 N–H and O–H groups in total. The maximum absolute atomic E-state index is 12.2. The summed E-state index contributed by atoms with van der Waals surface area (Å²) in [6.07, 6.45) is 3.05. The first-order valence-corrected chi connectivity index (χ1v) is 8.05. The zero-order valence-electron chi connectivity index (χ0n) is 13.7. The lowest BCUT2D eigenvalue weighted by Crippen LogP contribution is -2.50. The topological polar surface area (TPSA) is 93.6 Å². The summed E-state index contributed by atoms with van der Waals surface area (Å²) in [5, 5.41) is 2.86. The van der Waals surface area contributed by atoms with Gasteiger partial charge in [0.25, 0.3) is 0 Å². The van der Waals surface area contributed by atoms with Crippen molar-refractivity contribution in [2.24, 2.45) is 5.73 Å². The van der Waals surface area contributed by atoms with Gasteiger partial charge in [0.1, 0.15) is 12.4 Å². The molecule has 1 aliphatic heterocycles. The van der Waals surface area contributed by atoms with Gasteiger partial charge in [-0.05, 0) is 38.3 Å². The molecule has 0 bridgehead atoms. The number of likely N-dealkylation sites (tertiary alicyclic amines) is 1. The normalized spacial score (nSPS) is 17.6. The molecule has 1 atom stereocenters. The number of hydrogen-bond acceptors (Lipinski definition) is 4. The lowest BCUT2D eigenvalue weighted by atomic mass is 10.0. The zero-order chi connectivity index (χ0) is 16.8. The molecule has 0 radical (unpaired) electrons. The Morgan fingerprint density at radius 1 is 1.48 bits per heavy atom. The smallest absolute Gasteiger partial charge is 0.317 e. The first-order valence-electron chi connectivity index (χ1n) is 8.05. The van der Waals surface area contributed by atoms with Gasteiger partial charge < -0.3 is 26.4 Å². The van der Waals surface area contributed by atoms with E-state index in [4.69, 9.17) is 16.2 Å². The van der Waals surface area contributed by atoms with Gasteiger partial charge in [-0.15, -0.1) is 0 Å². The Kier molecular flexibility index (Phi) is 5.73. The molecular formula is C17H26N4O2. The second kappa shape index (κ2) is 7.76. The number of carbonyl (C=O) groups excluding carboxylic acids is 1. The molecule has 1 aromatic rings. The molecule has 0 aliphatic carbocycles. The first-order chi connectivity index (χ1) is 11.0. The largest absolute Gasteiger partial charge is 0.491 e. The summed E-state index contributed by atoms with van der Waals surface area (Å²) in [5.41, 5.74) is 13.3. The van der Waals surface area contributed by atoms with Crippen molar-refractivity contribution in [2.45, 2.75) is 32.2 Å². The van der Waals surface area contributed by atoms with Gasteiger partial charge in [-0.1, -0.05) is 12.6 Å². The number of benzene rings is 1. The number of hydrogen-bond donors (Lipinski definition) is 3. The molecule has 2 amide bonds. The van der Waals surface area contributed by atoms with Crippen LogP contribution in [0.25, 0.3) is 5.70 Å². The number of piperidine rings is 1. The second-order valence-corrected chi connectivity index (χ2v) is 5.74. The van der Waals surface area contributed by atoms with E-state index in [1.807, 2.05) is 24.0 Å². The predicted octanol–water partition coefficient (Wildman–Crippen LogP) is 2.16. The van der Waals surface area contributed by atoms with Crippen molar-refractivity contribution in [1.82, 2.24) is 10.2 Å². The highest BCUT2D eigenvalue weighted by Crippen LogP contribution is 2.29. The van der Waals surface area contributed by atoms with E-state index in [0.717, 1.165) is 25.8 Å². The fraction of sp³-hybridized carbons (Fsp3) is 0.471. The van der Waals surface area contributed by atoms with Crippen LogP contribution in [0, 0.1) is 0 Å². The molecular weight excluding hydrogens is 292 g/mol. The molecule has 126 valence electrons. The number of carbonyl (C=O) groups is 1. The standard InChI is InChI=1S/C17H26N4O2/c1-3-20-17(22)21-10-5-4-7-13(21)11-23-15-9-6-8-14(19)16(15)12(2)18/h6,8-9,13H,2-5,7,10-11,18-19H2,1H3,(H,20,22)/t13-/m1/s1. The predicted molar refractivity (Wildman–Crippen MR) is 93.0 cm³/mol. The third-order valence-electron chi connectivity index (χ3n) is 4.03. The molecule has 1 aromatic carbocycles. The van der Waals surface area contributed by atoms with Crippen molar-refractivity contribution in [3.8, 4) is 5.75 Å². The van der Waals surface area contributed by atoms with Crippen molar-refractivity contribution in [1.29, 1.82) is 0 Å². The molecule has 0 unspecified atom stereocenters. The Bertz CT molecular complexity index is 574. The van der Waals surface area contributed by atoms with E-state index in [-0.39, 0.29) is 12.1 Å². The minimum Gasteiger partial charge on any atom is -0.491 e. The second-order valence-electron chi connectivity index (χ2n) is 5.74. The summed E-state index contributed by atoms with van der Waals surface area (Å²) in [6.45, 7) is 7.46. The molecule has 1 aliphatic rings. The first kappa shape index (κ1) is 17.0. The quantitative estimate of drug-likeness (QED) is 0.725. The molecule has 1 fully saturated rings. The fourth-order valence-electron chi connectivity index (χ4n) is 2.89. The molecule has 6 heteroatoms. The van der Waals surface area contributed by atoms with Crippen LogP contribution in [0.3, 0.4) is 0 Å². The van der Waals surface area contributed by atoms with E-state index in [1.165, 1.54) is 0 Å². The van der Waals surface area contributed by atoms with Crippen LogP contribution in [-0.2, 0) is 0 Å². The van der Waals surface area contributed by atoms with Gasteiger partial charge in [0, 0.05) is 24.5 Å². The number of nitrogen functional groups attached to an aromatic ring is 1. The highest BCUT2D eigenvalue weighted by atomic mass is 16.5. The van der Waals surface area contributed by atoms with Crippen LogP contribution >= 0.6 is 0 Å². The van der Waals surface area contributed by atoms with Gasteiger partial charge in [0.15, 0.2) is 0 Å². The number of nitrogens with one attached hydrogen (secondary N) is 1. The SMILES string of the molecule is C=C(N)c1c(N)cccc1OC[C@H]1CCCCN1C(=O)NCC. The summed E-state index contributed by atoms with van der Waals surface area (Å²) < 4.78 is 5.93. The summed E-state index contributed by atoms with van der Waals surface area (Å²) in [5.74, 6) is 0.610. The molecule has 23 heavy (non-hydrogen) atoms.